The van der Waals surface area contributed by atoms with Crippen molar-refractivity contribution in [1.29, 1.82) is 0 Å². The molecule has 0 radical (unpaired) electrons. The second-order valence-electron chi connectivity index (χ2n) is 9.17. The number of carbonyl (C=O) groups excluding carboxylic acids is 1. The Hall–Kier alpha value is -3.29. The van der Waals surface area contributed by atoms with Gasteiger partial charge in [0, 0.05) is 28.1 Å². The predicted octanol–water partition coefficient (Wildman–Crippen LogP) is 8.45. The van der Waals surface area contributed by atoms with Gasteiger partial charge < -0.3 is 9.30 Å². The molecule has 7 heteroatoms. The number of thiophene rings is 2. The number of hydrogen-bond acceptors (Lipinski definition) is 5. The number of aromatic nitrogens is 2. The molecule has 1 unspecified atom stereocenters. The van der Waals surface area contributed by atoms with E-state index in [0.29, 0.717) is 22.7 Å². The Morgan fingerprint density at radius 1 is 1.06 bits per heavy atom. The molecule has 1 saturated carbocycles. The van der Waals surface area contributed by atoms with E-state index in [-0.39, 0.29) is 18.0 Å². The summed E-state index contributed by atoms with van der Waals surface area (Å²) >= 11 is 3.24. The summed E-state index contributed by atoms with van der Waals surface area (Å²) in [4.78, 5) is 17.3. The molecule has 0 saturated heterocycles. The van der Waals surface area contributed by atoms with Crippen molar-refractivity contribution >= 4 is 40.0 Å². The molecule has 0 N–H and O–H groups in total. The van der Waals surface area contributed by atoms with E-state index in [9.17, 15) is 4.79 Å². The van der Waals surface area contributed by atoms with Crippen LogP contribution in [0.4, 0.5) is 4.39 Å². The van der Waals surface area contributed by atoms with E-state index in [1.165, 1.54) is 12.5 Å². The molecule has 0 amide bonds. The van der Waals surface area contributed by atoms with E-state index in [1.807, 2.05) is 47.2 Å². The lowest BCUT2D eigenvalue weighted by Crippen LogP contribution is -2.14. The van der Waals surface area contributed by atoms with E-state index >= 15 is 4.39 Å². The fourth-order valence-electron chi connectivity index (χ4n) is 5.13. The standard InChI is InChI=1S/C29H25FN2O2S2/c30-24-16-22(34-28(20-12-14-35-18-20)27-7-4-13-36-27)9-10-23(24)29-31-25-15-19(17-33)8-11-26(25)32(29)21-5-2-1-3-6-21/h4,7-18,21,28H,1-3,5-6H2. The van der Waals surface area contributed by atoms with Crippen LogP contribution in [0.2, 0.25) is 0 Å². The zero-order chi connectivity index (χ0) is 24.5. The summed E-state index contributed by atoms with van der Waals surface area (Å²) in [7, 11) is 0. The predicted molar refractivity (Wildman–Crippen MR) is 144 cm³/mol. The number of fused-ring (bicyclic) bond motifs is 1. The van der Waals surface area contributed by atoms with Gasteiger partial charge in [0.1, 0.15) is 23.7 Å². The second-order valence-corrected chi connectivity index (χ2v) is 10.9. The van der Waals surface area contributed by atoms with Crippen LogP contribution in [-0.2, 0) is 0 Å². The van der Waals surface area contributed by atoms with Crippen LogP contribution in [0.3, 0.4) is 0 Å². The van der Waals surface area contributed by atoms with E-state index in [0.717, 1.165) is 53.4 Å². The van der Waals surface area contributed by atoms with Gasteiger partial charge >= 0.3 is 0 Å². The molecular weight excluding hydrogens is 491 g/mol. The van der Waals surface area contributed by atoms with Crippen LogP contribution in [0.25, 0.3) is 22.4 Å². The van der Waals surface area contributed by atoms with E-state index in [2.05, 4.69) is 9.95 Å². The largest absolute Gasteiger partial charge is 0.480 e. The molecule has 2 aromatic carbocycles. The fraction of sp³-hybridized carbons (Fsp3) is 0.241. The lowest BCUT2D eigenvalue weighted by molar-refractivity contribution is 0.112. The summed E-state index contributed by atoms with van der Waals surface area (Å²) in [5.74, 6) is 0.715. The van der Waals surface area contributed by atoms with Crippen molar-refractivity contribution in [2.24, 2.45) is 0 Å². The molecule has 5 aromatic rings. The van der Waals surface area contributed by atoms with E-state index in [4.69, 9.17) is 9.72 Å². The summed E-state index contributed by atoms with van der Waals surface area (Å²) in [6, 6.07) is 16.9. The van der Waals surface area contributed by atoms with Gasteiger partial charge in [0.05, 0.1) is 16.6 Å². The molecular formula is C29H25FN2O2S2. The van der Waals surface area contributed by atoms with Crippen molar-refractivity contribution in [2.45, 2.75) is 44.2 Å². The quantitative estimate of drug-likeness (QED) is 0.204. The van der Waals surface area contributed by atoms with Gasteiger partial charge in [0.15, 0.2) is 6.10 Å². The van der Waals surface area contributed by atoms with Crippen LogP contribution < -0.4 is 4.74 Å². The minimum atomic E-state index is -0.370. The number of benzene rings is 2. The zero-order valence-electron chi connectivity index (χ0n) is 19.6. The Morgan fingerprint density at radius 2 is 1.94 bits per heavy atom. The highest BCUT2D eigenvalue weighted by molar-refractivity contribution is 7.10. The summed E-state index contributed by atoms with van der Waals surface area (Å²) in [6.07, 6.45) is 6.15. The maximum absolute atomic E-state index is 15.7. The molecule has 1 aliphatic carbocycles. The van der Waals surface area contributed by atoms with Gasteiger partial charge in [-0.1, -0.05) is 25.3 Å². The second kappa shape index (κ2) is 9.99. The highest BCUT2D eigenvalue weighted by Gasteiger charge is 2.25. The first kappa shape index (κ1) is 23.1. The highest BCUT2D eigenvalue weighted by atomic mass is 32.1. The minimum absolute atomic E-state index is 0.262. The lowest BCUT2D eigenvalue weighted by atomic mass is 9.94. The molecule has 1 atom stereocenters. The number of halogens is 1. The van der Waals surface area contributed by atoms with Crippen LogP contribution in [0.15, 0.2) is 70.7 Å². The SMILES string of the molecule is O=Cc1ccc2c(c1)nc(-c1ccc(OC(c3ccsc3)c3cccs3)cc1F)n2C1CCCCC1. The Labute approximate surface area is 217 Å². The summed E-state index contributed by atoms with van der Waals surface area (Å²) in [5.41, 5.74) is 3.73. The lowest BCUT2D eigenvalue weighted by Gasteiger charge is -2.26. The van der Waals surface area contributed by atoms with Crippen molar-refractivity contribution in [1.82, 2.24) is 9.55 Å². The van der Waals surface area contributed by atoms with Crippen molar-refractivity contribution in [3.63, 3.8) is 0 Å². The number of rotatable bonds is 7. The maximum Gasteiger partial charge on any atom is 0.159 e. The Bertz CT molecular complexity index is 1450. The maximum atomic E-state index is 15.7. The van der Waals surface area contributed by atoms with Gasteiger partial charge in [0.2, 0.25) is 0 Å². The molecule has 0 aliphatic heterocycles. The Kier molecular flexibility index (Phi) is 6.42. The highest BCUT2D eigenvalue weighted by Crippen LogP contribution is 2.38. The third-order valence-electron chi connectivity index (χ3n) is 6.87. The third-order valence-corrected chi connectivity index (χ3v) is 8.49. The molecule has 0 spiro atoms. The number of nitrogens with zero attached hydrogens (tertiary/aromatic N) is 2. The number of ether oxygens (including phenoxy) is 1. The summed E-state index contributed by atoms with van der Waals surface area (Å²) in [5, 5.41) is 6.11. The van der Waals surface area contributed by atoms with Gasteiger partial charge in [-0.2, -0.15) is 11.3 Å². The molecule has 4 nitrogen and oxygen atoms in total. The van der Waals surface area contributed by atoms with Gasteiger partial charge in [-0.25, -0.2) is 9.37 Å². The van der Waals surface area contributed by atoms with Crippen LogP contribution in [0, 0.1) is 5.82 Å². The topological polar surface area (TPSA) is 44.1 Å². The molecule has 3 aromatic heterocycles. The van der Waals surface area contributed by atoms with E-state index < -0.39 is 0 Å². The van der Waals surface area contributed by atoms with E-state index in [1.54, 1.807) is 34.8 Å². The average molecular weight is 517 g/mol. The third kappa shape index (κ3) is 4.38. The van der Waals surface area contributed by atoms with Crippen LogP contribution in [0.1, 0.15) is 65.0 Å². The summed E-state index contributed by atoms with van der Waals surface area (Å²) < 4.78 is 24.2. The number of carbonyl (C=O) groups is 1. The molecule has 0 bridgehead atoms. The molecule has 1 fully saturated rings. The molecule has 3 heterocycles. The number of hydrogen-bond donors (Lipinski definition) is 0. The van der Waals surface area contributed by atoms with Crippen LogP contribution in [0.5, 0.6) is 5.75 Å². The normalized spacial score (nSPS) is 15.2. The van der Waals surface area contributed by atoms with Crippen LogP contribution >= 0.6 is 22.7 Å². The van der Waals surface area contributed by atoms with Gasteiger partial charge in [-0.15, -0.1) is 11.3 Å². The Balaban J connectivity index is 1.39. The van der Waals surface area contributed by atoms with Gasteiger partial charge in [-0.3, -0.25) is 4.79 Å². The van der Waals surface area contributed by atoms with Gasteiger partial charge in [-0.05, 0) is 71.4 Å². The van der Waals surface area contributed by atoms with Crippen molar-refractivity contribution in [3.8, 4) is 17.1 Å². The number of imidazole rings is 1. The molecule has 182 valence electrons. The minimum Gasteiger partial charge on any atom is -0.480 e. The Morgan fingerprint density at radius 3 is 2.67 bits per heavy atom. The van der Waals surface area contributed by atoms with Crippen molar-refractivity contribution in [2.75, 3.05) is 0 Å². The first-order valence-electron chi connectivity index (χ1n) is 12.2. The monoisotopic (exact) mass is 516 g/mol. The fourth-order valence-corrected chi connectivity index (χ4v) is 6.58. The average Bonchev–Trinajstić information content (AvgIpc) is 3.69. The van der Waals surface area contributed by atoms with Crippen LogP contribution in [-0.4, -0.2) is 15.8 Å². The molecule has 6 rings (SSSR count). The molecule has 1 aliphatic rings. The number of aldehydes is 1. The zero-order valence-corrected chi connectivity index (χ0v) is 21.2. The summed E-state index contributed by atoms with van der Waals surface area (Å²) in [6.45, 7) is 0. The van der Waals surface area contributed by atoms with Crippen molar-refractivity contribution in [3.05, 3.63) is 92.6 Å². The van der Waals surface area contributed by atoms with Gasteiger partial charge in [0.25, 0.3) is 0 Å². The first-order chi connectivity index (χ1) is 17.7. The smallest absolute Gasteiger partial charge is 0.159 e. The molecule has 36 heavy (non-hydrogen) atoms. The van der Waals surface area contributed by atoms with Crippen molar-refractivity contribution < 1.29 is 13.9 Å². The first-order valence-corrected chi connectivity index (χ1v) is 14.0.